The molecule has 17 heavy (non-hydrogen) atoms. The van der Waals surface area contributed by atoms with Gasteiger partial charge in [0.05, 0.1) is 4.47 Å². The van der Waals surface area contributed by atoms with Gasteiger partial charge in [0.25, 0.3) is 5.56 Å². The second-order valence-electron chi connectivity index (χ2n) is 4.98. The molecule has 1 fully saturated rings. The summed E-state index contributed by atoms with van der Waals surface area (Å²) in [5.74, 6) is 0. The summed E-state index contributed by atoms with van der Waals surface area (Å²) in [6, 6.07) is 3.73. The Morgan fingerprint density at radius 2 is 2.00 bits per heavy atom. The third-order valence-corrected chi connectivity index (χ3v) is 5.47. The largest absolute Gasteiger partial charge is 0.314 e. The Labute approximate surface area is 119 Å². The summed E-state index contributed by atoms with van der Waals surface area (Å²) < 4.78 is 2.50. The number of alkyl halides is 1. The molecule has 1 aliphatic carbocycles. The molecular formula is C13H17Br2NO. The van der Waals surface area contributed by atoms with E-state index in [2.05, 4.69) is 31.9 Å². The maximum absolute atomic E-state index is 12.0. The van der Waals surface area contributed by atoms with E-state index in [1.54, 1.807) is 6.07 Å². The molecular weight excluding hydrogens is 346 g/mol. The quantitative estimate of drug-likeness (QED) is 0.746. The Morgan fingerprint density at radius 1 is 1.29 bits per heavy atom. The first kappa shape index (κ1) is 13.3. The molecule has 0 bridgehead atoms. The molecule has 1 heterocycles. The second kappa shape index (κ2) is 5.70. The lowest BCUT2D eigenvalue weighted by molar-refractivity contribution is 0.189. The fourth-order valence-electron chi connectivity index (χ4n) is 2.63. The summed E-state index contributed by atoms with van der Waals surface area (Å²) in [6.07, 6.45) is 8.24. The molecule has 0 aromatic carbocycles. The van der Waals surface area contributed by atoms with Gasteiger partial charge in [-0.05, 0) is 46.3 Å². The van der Waals surface area contributed by atoms with Crippen LogP contribution in [-0.2, 0) is 6.54 Å². The van der Waals surface area contributed by atoms with Crippen molar-refractivity contribution in [1.29, 1.82) is 0 Å². The van der Waals surface area contributed by atoms with Crippen molar-refractivity contribution < 1.29 is 0 Å². The third kappa shape index (κ3) is 3.02. The van der Waals surface area contributed by atoms with E-state index in [1.807, 2.05) is 16.8 Å². The average molecular weight is 363 g/mol. The smallest absolute Gasteiger partial charge is 0.264 e. The van der Waals surface area contributed by atoms with Gasteiger partial charge >= 0.3 is 0 Å². The summed E-state index contributed by atoms with van der Waals surface area (Å²) >= 11 is 6.95. The van der Waals surface area contributed by atoms with Crippen LogP contribution in [0.25, 0.3) is 0 Å². The second-order valence-corrected chi connectivity index (χ2v) is 6.40. The number of hydrogen-bond donors (Lipinski definition) is 0. The highest BCUT2D eigenvalue weighted by molar-refractivity contribution is 9.10. The van der Waals surface area contributed by atoms with Crippen molar-refractivity contribution in [1.82, 2.24) is 4.57 Å². The lowest BCUT2D eigenvalue weighted by Crippen LogP contribution is -2.35. The molecule has 0 atom stereocenters. The number of pyridine rings is 1. The first-order chi connectivity index (χ1) is 8.17. The monoisotopic (exact) mass is 361 g/mol. The first-order valence-electron chi connectivity index (χ1n) is 6.08. The van der Waals surface area contributed by atoms with Crippen LogP contribution in [0.3, 0.4) is 0 Å². The molecule has 0 amide bonds. The van der Waals surface area contributed by atoms with Crippen LogP contribution in [0.15, 0.2) is 27.6 Å². The van der Waals surface area contributed by atoms with Crippen molar-refractivity contribution in [2.24, 2.45) is 5.41 Å². The molecule has 2 nitrogen and oxygen atoms in total. The van der Waals surface area contributed by atoms with Crippen LogP contribution in [0.2, 0.25) is 0 Å². The molecule has 0 saturated heterocycles. The lowest BCUT2D eigenvalue weighted by Gasteiger charge is -2.36. The molecule has 1 saturated carbocycles. The average Bonchev–Trinajstić information content (AvgIpc) is 2.36. The summed E-state index contributed by atoms with van der Waals surface area (Å²) in [5, 5.41) is 0.985. The van der Waals surface area contributed by atoms with Crippen molar-refractivity contribution in [3.8, 4) is 0 Å². The molecule has 94 valence electrons. The zero-order valence-corrected chi connectivity index (χ0v) is 13.0. The Hall–Kier alpha value is -0.0900. The van der Waals surface area contributed by atoms with Gasteiger partial charge in [-0.25, -0.2) is 0 Å². The van der Waals surface area contributed by atoms with Crippen molar-refractivity contribution >= 4 is 31.9 Å². The first-order valence-corrected chi connectivity index (χ1v) is 7.99. The van der Waals surface area contributed by atoms with E-state index in [1.165, 1.54) is 32.1 Å². The van der Waals surface area contributed by atoms with E-state index < -0.39 is 0 Å². The summed E-state index contributed by atoms with van der Waals surface area (Å²) in [6.45, 7) is 0.830. The van der Waals surface area contributed by atoms with Gasteiger partial charge in [0.1, 0.15) is 0 Å². The fourth-order valence-corrected chi connectivity index (χ4v) is 3.75. The third-order valence-electron chi connectivity index (χ3n) is 3.68. The van der Waals surface area contributed by atoms with Crippen LogP contribution in [0.5, 0.6) is 0 Å². The Morgan fingerprint density at radius 3 is 2.65 bits per heavy atom. The minimum absolute atomic E-state index is 0.0819. The van der Waals surface area contributed by atoms with E-state index in [4.69, 9.17) is 0 Å². The summed E-state index contributed by atoms with van der Waals surface area (Å²) in [4.78, 5) is 12.0. The Balaban J connectivity index is 2.23. The molecule has 0 unspecified atom stereocenters. The van der Waals surface area contributed by atoms with Crippen LogP contribution in [0.1, 0.15) is 32.1 Å². The highest BCUT2D eigenvalue weighted by Gasteiger charge is 2.31. The van der Waals surface area contributed by atoms with E-state index in [0.29, 0.717) is 4.47 Å². The van der Waals surface area contributed by atoms with Gasteiger partial charge in [-0.2, -0.15) is 0 Å². The van der Waals surface area contributed by atoms with Crippen molar-refractivity contribution in [3.05, 3.63) is 33.2 Å². The van der Waals surface area contributed by atoms with Gasteiger partial charge in [-0.15, -0.1) is 0 Å². The Bertz CT molecular complexity index is 435. The number of rotatable bonds is 3. The van der Waals surface area contributed by atoms with Gasteiger partial charge in [-0.3, -0.25) is 4.79 Å². The molecule has 2 rings (SSSR count). The van der Waals surface area contributed by atoms with Gasteiger partial charge in [-0.1, -0.05) is 35.2 Å². The van der Waals surface area contributed by atoms with Crippen molar-refractivity contribution in [2.75, 3.05) is 5.33 Å². The number of hydrogen-bond acceptors (Lipinski definition) is 1. The SMILES string of the molecule is O=c1c(Br)cccn1CC1(CBr)CCCCC1. The van der Waals surface area contributed by atoms with Crippen LogP contribution in [-0.4, -0.2) is 9.90 Å². The molecule has 4 heteroatoms. The highest BCUT2D eigenvalue weighted by Crippen LogP contribution is 2.39. The number of halogens is 2. The van der Waals surface area contributed by atoms with E-state index in [0.717, 1.165) is 11.9 Å². The topological polar surface area (TPSA) is 22.0 Å². The molecule has 0 N–H and O–H groups in total. The number of nitrogens with zero attached hydrogens (tertiary/aromatic N) is 1. The molecule has 0 radical (unpaired) electrons. The summed E-state index contributed by atoms with van der Waals surface area (Å²) in [5.41, 5.74) is 0.349. The van der Waals surface area contributed by atoms with Crippen LogP contribution < -0.4 is 5.56 Å². The van der Waals surface area contributed by atoms with Crippen molar-refractivity contribution in [2.45, 2.75) is 38.6 Å². The fraction of sp³-hybridized carbons (Fsp3) is 0.615. The van der Waals surface area contributed by atoms with E-state index >= 15 is 0 Å². The van der Waals surface area contributed by atoms with E-state index in [-0.39, 0.29) is 11.0 Å². The van der Waals surface area contributed by atoms with Crippen LogP contribution >= 0.6 is 31.9 Å². The summed E-state index contributed by atoms with van der Waals surface area (Å²) in [7, 11) is 0. The zero-order chi connectivity index (χ0) is 12.3. The van der Waals surface area contributed by atoms with E-state index in [9.17, 15) is 4.79 Å². The predicted octanol–water partition coefficient (Wildman–Crippen LogP) is 3.96. The lowest BCUT2D eigenvalue weighted by atomic mass is 9.75. The molecule has 0 spiro atoms. The minimum atomic E-state index is 0.0819. The van der Waals surface area contributed by atoms with Crippen molar-refractivity contribution in [3.63, 3.8) is 0 Å². The van der Waals surface area contributed by atoms with Crippen LogP contribution in [0.4, 0.5) is 0 Å². The standard InChI is InChI=1S/C13H17Br2NO/c14-9-13(6-2-1-3-7-13)10-16-8-4-5-11(15)12(16)17/h4-5,8H,1-3,6-7,9-10H2. The Kier molecular flexibility index (Phi) is 4.47. The maximum atomic E-state index is 12.0. The normalized spacial score (nSPS) is 19.2. The molecule has 1 aliphatic rings. The molecule has 0 aliphatic heterocycles. The van der Waals surface area contributed by atoms with Gasteiger partial charge in [0, 0.05) is 18.1 Å². The van der Waals surface area contributed by atoms with Gasteiger partial charge < -0.3 is 4.57 Å². The van der Waals surface area contributed by atoms with Crippen LogP contribution in [0, 0.1) is 5.41 Å². The van der Waals surface area contributed by atoms with Gasteiger partial charge in [0.2, 0.25) is 0 Å². The molecule has 1 aromatic rings. The maximum Gasteiger partial charge on any atom is 0.264 e. The van der Waals surface area contributed by atoms with Gasteiger partial charge in [0.15, 0.2) is 0 Å². The highest BCUT2D eigenvalue weighted by atomic mass is 79.9. The predicted molar refractivity (Wildman–Crippen MR) is 77.7 cm³/mol. The zero-order valence-electron chi connectivity index (χ0n) is 9.79. The molecule has 1 aromatic heterocycles. The number of aromatic nitrogens is 1. The minimum Gasteiger partial charge on any atom is -0.314 e.